The van der Waals surface area contributed by atoms with Gasteiger partial charge >= 0.3 is 0 Å². The molecule has 1 aromatic carbocycles. The molecule has 0 aliphatic carbocycles. The monoisotopic (exact) mass is 224 g/mol. The van der Waals surface area contributed by atoms with Crippen LogP contribution in [0.15, 0.2) is 12.1 Å². The Hall–Kier alpha value is -1.06. The number of nitrogens with one attached hydrogen (secondary N) is 2. The molecule has 1 atom stereocenters. The highest BCUT2D eigenvalue weighted by molar-refractivity contribution is 6.32. The van der Waals surface area contributed by atoms with Gasteiger partial charge in [0.25, 0.3) is 0 Å². The summed E-state index contributed by atoms with van der Waals surface area (Å²) in [5.74, 6) is 0.0373. The maximum atomic E-state index is 11.2. The van der Waals surface area contributed by atoms with Crippen LogP contribution < -0.4 is 10.6 Å². The maximum Gasteiger partial charge on any atom is 0.228 e. The second kappa shape index (κ2) is 3.83. The molecule has 0 radical (unpaired) electrons. The molecule has 0 saturated heterocycles. The fourth-order valence-corrected chi connectivity index (χ4v) is 2.08. The second-order valence-electron chi connectivity index (χ2n) is 3.77. The fourth-order valence-electron chi connectivity index (χ4n) is 1.75. The Kier molecular flexibility index (Phi) is 2.67. The first-order valence-electron chi connectivity index (χ1n) is 4.91. The summed E-state index contributed by atoms with van der Waals surface area (Å²) in [6, 6.07) is 4.01. The van der Waals surface area contributed by atoms with E-state index in [1.165, 1.54) is 0 Å². The number of benzene rings is 1. The van der Waals surface area contributed by atoms with E-state index in [4.69, 9.17) is 11.6 Å². The van der Waals surface area contributed by atoms with Crippen molar-refractivity contribution in [2.45, 2.75) is 19.4 Å². The number of hydrogen-bond acceptors (Lipinski definition) is 2. The van der Waals surface area contributed by atoms with Gasteiger partial charge in [-0.25, -0.2) is 0 Å². The summed E-state index contributed by atoms with van der Waals surface area (Å²) in [6.07, 6.45) is 0.454. The Morgan fingerprint density at radius 1 is 1.53 bits per heavy atom. The predicted molar refractivity (Wildman–Crippen MR) is 61.3 cm³/mol. The van der Waals surface area contributed by atoms with E-state index in [9.17, 15) is 4.79 Å². The van der Waals surface area contributed by atoms with Gasteiger partial charge in [0.2, 0.25) is 5.91 Å². The molecule has 0 aromatic heterocycles. The van der Waals surface area contributed by atoms with Crippen LogP contribution in [-0.4, -0.2) is 13.0 Å². The van der Waals surface area contributed by atoms with E-state index in [0.29, 0.717) is 11.4 Å². The van der Waals surface area contributed by atoms with Crippen LogP contribution in [0.25, 0.3) is 0 Å². The van der Waals surface area contributed by atoms with Crippen LogP contribution >= 0.6 is 11.6 Å². The van der Waals surface area contributed by atoms with Gasteiger partial charge in [-0.15, -0.1) is 0 Å². The standard InChI is InChI=1S/C11H13ClN2O/c1-6(13-2)8-3-7-4-11(15)14-10(7)5-9(8)12/h3,5-6,13H,4H2,1-2H3,(H,14,15). The molecule has 0 fully saturated rings. The minimum atomic E-state index is 0.0373. The Bertz CT molecular complexity index is 417. The number of amides is 1. The largest absolute Gasteiger partial charge is 0.325 e. The van der Waals surface area contributed by atoms with Crippen LogP contribution in [0.2, 0.25) is 5.02 Å². The van der Waals surface area contributed by atoms with Crippen LogP contribution in [0.4, 0.5) is 5.69 Å². The minimum Gasteiger partial charge on any atom is -0.325 e. The minimum absolute atomic E-state index is 0.0373. The van der Waals surface area contributed by atoms with Gasteiger partial charge in [0.15, 0.2) is 0 Å². The normalized spacial score (nSPS) is 16.1. The van der Waals surface area contributed by atoms with Crippen molar-refractivity contribution in [1.82, 2.24) is 5.32 Å². The van der Waals surface area contributed by atoms with Gasteiger partial charge in [0.1, 0.15) is 0 Å². The van der Waals surface area contributed by atoms with E-state index >= 15 is 0 Å². The van der Waals surface area contributed by atoms with Crippen molar-refractivity contribution < 1.29 is 4.79 Å². The van der Waals surface area contributed by atoms with Crippen molar-refractivity contribution in [2.24, 2.45) is 0 Å². The lowest BCUT2D eigenvalue weighted by Crippen LogP contribution is -2.13. The van der Waals surface area contributed by atoms with E-state index in [1.807, 2.05) is 26.1 Å². The van der Waals surface area contributed by atoms with Crippen molar-refractivity contribution in [3.63, 3.8) is 0 Å². The van der Waals surface area contributed by atoms with E-state index in [-0.39, 0.29) is 11.9 Å². The molecule has 1 amide bonds. The average molecular weight is 225 g/mol. The number of anilines is 1. The van der Waals surface area contributed by atoms with Gasteiger partial charge in [0, 0.05) is 16.8 Å². The number of fused-ring (bicyclic) bond motifs is 1. The molecule has 0 spiro atoms. The lowest BCUT2D eigenvalue weighted by molar-refractivity contribution is -0.115. The molecule has 80 valence electrons. The smallest absolute Gasteiger partial charge is 0.228 e. The Morgan fingerprint density at radius 3 is 2.93 bits per heavy atom. The molecule has 0 saturated carbocycles. The zero-order valence-electron chi connectivity index (χ0n) is 8.73. The Balaban J connectivity index is 2.44. The average Bonchev–Trinajstić information content (AvgIpc) is 2.55. The fraction of sp³-hybridized carbons (Fsp3) is 0.364. The summed E-state index contributed by atoms with van der Waals surface area (Å²) in [5.41, 5.74) is 2.91. The summed E-state index contributed by atoms with van der Waals surface area (Å²) in [5, 5.41) is 6.61. The number of hydrogen-bond donors (Lipinski definition) is 2. The van der Waals surface area contributed by atoms with Crippen LogP contribution in [0.5, 0.6) is 0 Å². The van der Waals surface area contributed by atoms with Crippen molar-refractivity contribution in [1.29, 1.82) is 0 Å². The van der Waals surface area contributed by atoms with Crippen LogP contribution in [-0.2, 0) is 11.2 Å². The lowest BCUT2D eigenvalue weighted by atomic mass is 10.0. The van der Waals surface area contributed by atoms with Gasteiger partial charge in [-0.05, 0) is 31.2 Å². The molecule has 4 heteroatoms. The first kappa shape index (κ1) is 10.5. The molecule has 1 heterocycles. The van der Waals surface area contributed by atoms with E-state index in [0.717, 1.165) is 16.8 Å². The van der Waals surface area contributed by atoms with Gasteiger partial charge in [-0.1, -0.05) is 17.7 Å². The predicted octanol–water partition coefficient (Wildman–Crippen LogP) is 2.11. The lowest BCUT2D eigenvalue weighted by Gasteiger charge is -2.14. The summed E-state index contributed by atoms with van der Waals surface area (Å²) in [6.45, 7) is 2.04. The third-order valence-electron chi connectivity index (χ3n) is 2.75. The zero-order chi connectivity index (χ0) is 11.0. The van der Waals surface area contributed by atoms with Crippen molar-refractivity contribution in [3.8, 4) is 0 Å². The van der Waals surface area contributed by atoms with Gasteiger partial charge < -0.3 is 10.6 Å². The molecule has 15 heavy (non-hydrogen) atoms. The van der Waals surface area contributed by atoms with E-state index in [1.54, 1.807) is 0 Å². The van der Waals surface area contributed by atoms with Gasteiger partial charge in [-0.2, -0.15) is 0 Å². The quantitative estimate of drug-likeness (QED) is 0.808. The molecule has 1 aliphatic heterocycles. The Labute approximate surface area is 93.8 Å². The van der Waals surface area contributed by atoms with Gasteiger partial charge in [-0.3, -0.25) is 4.79 Å². The molecule has 3 nitrogen and oxygen atoms in total. The van der Waals surface area contributed by atoms with Crippen molar-refractivity contribution >= 4 is 23.2 Å². The third kappa shape index (κ3) is 1.85. The van der Waals surface area contributed by atoms with Crippen LogP contribution in [0.3, 0.4) is 0 Å². The summed E-state index contributed by atoms with van der Waals surface area (Å²) < 4.78 is 0. The molecule has 1 aromatic rings. The number of rotatable bonds is 2. The molecule has 0 bridgehead atoms. The maximum absolute atomic E-state index is 11.2. The van der Waals surface area contributed by atoms with E-state index in [2.05, 4.69) is 10.6 Å². The van der Waals surface area contributed by atoms with Crippen molar-refractivity contribution in [3.05, 3.63) is 28.3 Å². The number of halogens is 1. The summed E-state index contributed by atoms with van der Waals surface area (Å²) in [4.78, 5) is 11.2. The third-order valence-corrected chi connectivity index (χ3v) is 3.07. The first-order valence-corrected chi connectivity index (χ1v) is 5.29. The summed E-state index contributed by atoms with van der Waals surface area (Å²) >= 11 is 6.14. The molecule has 1 unspecified atom stereocenters. The van der Waals surface area contributed by atoms with Gasteiger partial charge in [0.05, 0.1) is 6.42 Å². The SMILES string of the molecule is CNC(C)c1cc2c(cc1Cl)NC(=O)C2. The molecule has 2 N–H and O–H groups in total. The number of carbonyl (C=O) groups is 1. The van der Waals surface area contributed by atoms with Crippen LogP contribution in [0, 0.1) is 0 Å². The summed E-state index contributed by atoms with van der Waals surface area (Å²) in [7, 11) is 1.89. The second-order valence-corrected chi connectivity index (χ2v) is 4.17. The molecular formula is C11H13ClN2O. The topological polar surface area (TPSA) is 41.1 Å². The van der Waals surface area contributed by atoms with E-state index < -0.39 is 0 Å². The molecule has 1 aliphatic rings. The highest BCUT2D eigenvalue weighted by Crippen LogP contribution is 2.32. The molecule has 2 rings (SSSR count). The van der Waals surface area contributed by atoms with Crippen LogP contribution in [0.1, 0.15) is 24.1 Å². The molecular weight excluding hydrogens is 212 g/mol. The zero-order valence-corrected chi connectivity index (χ0v) is 9.48. The first-order chi connectivity index (χ1) is 7.11. The Morgan fingerprint density at radius 2 is 2.27 bits per heavy atom. The highest BCUT2D eigenvalue weighted by atomic mass is 35.5. The highest BCUT2D eigenvalue weighted by Gasteiger charge is 2.20. The van der Waals surface area contributed by atoms with Crippen molar-refractivity contribution in [2.75, 3.05) is 12.4 Å². The number of carbonyl (C=O) groups excluding carboxylic acids is 1.